The predicted molar refractivity (Wildman–Crippen MR) is 107 cm³/mol. The van der Waals surface area contributed by atoms with Crippen molar-refractivity contribution in [2.24, 2.45) is 0 Å². The summed E-state index contributed by atoms with van der Waals surface area (Å²) in [5, 5.41) is 9.19. The Bertz CT molecular complexity index is 929. The molecule has 1 aliphatic rings. The second-order valence-electron chi connectivity index (χ2n) is 6.49. The summed E-state index contributed by atoms with van der Waals surface area (Å²) in [6, 6.07) is 9.58. The zero-order valence-electron chi connectivity index (χ0n) is 15.3. The predicted octanol–water partition coefficient (Wildman–Crippen LogP) is 3.73. The van der Waals surface area contributed by atoms with Crippen molar-refractivity contribution < 1.29 is 19.6 Å². The molecule has 0 bridgehead atoms. The average molecular weight is 399 g/mol. The molecule has 0 radical (unpaired) electrons. The molecular weight excluding hydrogens is 378 g/mol. The number of imide groups is 1. The Kier molecular flexibility index (Phi) is 6.78. The number of fused-ring (bicyclic) bond motifs is 1. The minimum Gasteiger partial charge on any atom is -0.289 e. The maximum Gasteiger partial charge on any atom is 0.293 e. The van der Waals surface area contributed by atoms with Crippen LogP contribution >= 0.6 is 11.8 Å². The van der Waals surface area contributed by atoms with Gasteiger partial charge in [0.1, 0.15) is 0 Å². The summed E-state index contributed by atoms with van der Waals surface area (Å²) in [7, 11) is 0. The van der Waals surface area contributed by atoms with Gasteiger partial charge in [0.25, 0.3) is 11.1 Å². The van der Waals surface area contributed by atoms with E-state index in [0.29, 0.717) is 24.3 Å². The summed E-state index contributed by atoms with van der Waals surface area (Å²) in [4.78, 5) is 41.7. The van der Waals surface area contributed by atoms with Crippen LogP contribution in [0.5, 0.6) is 0 Å². The summed E-state index contributed by atoms with van der Waals surface area (Å²) in [5.74, 6) is -0.671. The van der Waals surface area contributed by atoms with Crippen LogP contribution in [0, 0.1) is 0 Å². The van der Waals surface area contributed by atoms with Gasteiger partial charge in [0.05, 0.1) is 10.4 Å². The number of hydrogen-bond acceptors (Lipinski definition) is 6. The van der Waals surface area contributed by atoms with Crippen LogP contribution < -0.4 is 5.48 Å². The molecule has 0 spiro atoms. The molecule has 2 N–H and O–H groups in total. The van der Waals surface area contributed by atoms with Gasteiger partial charge in [-0.3, -0.25) is 29.5 Å². The third-order valence-electron chi connectivity index (χ3n) is 4.46. The van der Waals surface area contributed by atoms with Gasteiger partial charge in [-0.15, -0.1) is 0 Å². The largest absolute Gasteiger partial charge is 0.293 e. The van der Waals surface area contributed by atoms with Crippen LogP contribution in [-0.4, -0.2) is 38.7 Å². The van der Waals surface area contributed by atoms with Gasteiger partial charge in [-0.2, -0.15) is 0 Å². The highest BCUT2D eigenvalue weighted by molar-refractivity contribution is 8.18. The standard InChI is InChI=1S/C20H21N3O4S/c24-18(22-27)7-3-1-2-4-11-23-19(25)17(28-20(23)26)13-14-8-9-15-6-5-10-21-16(15)12-14/h5-6,8-10,12-13,27H,1-4,7,11H2,(H,22,24)/b17-13-. The monoisotopic (exact) mass is 399 g/mol. The number of thioether (sulfide) groups is 1. The molecule has 28 heavy (non-hydrogen) atoms. The Morgan fingerprint density at radius 1 is 1.18 bits per heavy atom. The first kappa shape index (κ1) is 20.0. The molecule has 1 aliphatic heterocycles. The average Bonchev–Trinajstić information content (AvgIpc) is 2.97. The molecule has 1 fully saturated rings. The van der Waals surface area contributed by atoms with E-state index in [2.05, 4.69) is 4.98 Å². The van der Waals surface area contributed by atoms with Crippen molar-refractivity contribution in [2.75, 3.05) is 6.54 Å². The number of aromatic nitrogens is 1. The van der Waals surface area contributed by atoms with Gasteiger partial charge in [-0.25, -0.2) is 5.48 Å². The summed E-state index contributed by atoms with van der Waals surface area (Å²) in [6.45, 7) is 0.369. The lowest BCUT2D eigenvalue weighted by Crippen LogP contribution is -2.29. The van der Waals surface area contributed by atoms with Gasteiger partial charge < -0.3 is 0 Å². The summed E-state index contributed by atoms with van der Waals surface area (Å²) in [6.07, 6.45) is 6.65. The van der Waals surface area contributed by atoms with E-state index in [4.69, 9.17) is 5.21 Å². The lowest BCUT2D eigenvalue weighted by atomic mass is 10.1. The maximum absolute atomic E-state index is 12.6. The highest BCUT2D eigenvalue weighted by atomic mass is 32.2. The maximum atomic E-state index is 12.6. The molecule has 2 aromatic rings. The first-order valence-corrected chi connectivity index (χ1v) is 9.93. The zero-order valence-corrected chi connectivity index (χ0v) is 16.1. The van der Waals surface area contributed by atoms with Crippen molar-refractivity contribution in [3.05, 3.63) is 47.0 Å². The Hall–Kier alpha value is -2.71. The number of benzene rings is 1. The molecule has 1 aromatic carbocycles. The van der Waals surface area contributed by atoms with E-state index in [1.54, 1.807) is 17.8 Å². The van der Waals surface area contributed by atoms with E-state index in [0.717, 1.165) is 41.1 Å². The van der Waals surface area contributed by atoms with E-state index in [1.165, 1.54) is 4.90 Å². The third-order valence-corrected chi connectivity index (χ3v) is 5.37. The second-order valence-corrected chi connectivity index (χ2v) is 7.48. The van der Waals surface area contributed by atoms with E-state index in [1.807, 2.05) is 30.3 Å². The number of hydroxylamine groups is 1. The highest BCUT2D eigenvalue weighted by Gasteiger charge is 2.34. The summed E-state index contributed by atoms with van der Waals surface area (Å²) in [5.41, 5.74) is 3.27. The van der Waals surface area contributed by atoms with Crippen molar-refractivity contribution in [3.63, 3.8) is 0 Å². The van der Waals surface area contributed by atoms with E-state index in [-0.39, 0.29) is 17.6 Å². The van der Waals surface area contributed by atoms with Crippen LogP contribution in [0.1, 0.15) is 37.7 Å². The number of rotatable bonds is 8. The Balaban J connectivity index is 1.55. The fraction of sp³-hybridized carbons (Fsp3) is 0.300. The Morgan fingerprint density at radius 2 is 2.00 bits per heavy atom. The molecule has 1 saturated heterocycles. The number of unbranched alkanes of at least 4 members (excludes halogenated alkanes) is 3. The van der Waals surface area contributed by atoms with Crippen molar-refractivity contribution in [3.8, 4) is 0 Å². The van der Waals surface area contributed by atoms with Gasteiger partial charge in [0.15, 0.2) is 0 Å². The summed E-state index contributed by atoms with van der Waals surface area (Å²) >= 11 is 0.955. The highest BCUT2D eigenvalue weighted by Crippen LogP contribution is 2.32. The minimum atomic E-state index is -0.403. The van der Waals surface area contributed by atoms with Crippen LogP contribution in [0.15, 0.2) is 41.4 Å². The molecule has 7 nitrogen and oxygen atoms in total. The number of carbonyl (C=O) groups excluding carboxylic acids is 3. The van der Waals surface area contributed by atoms with Crippen LogP contribution in [0.25, 0.3) is 17.0 Å². The van der Waals surface area contributed by atoms with Gasteiger partial charge in [0.2, 0.25) is 5.91 Å². The molecular formula is C20H21N3O4S. The van der Waals surface area contributed by atoms with Crippen LogP contribution in [0.2, 0.25) is 0 Å². The Labute approximate surface area is 166 Å². The lowest BCUT2D eigenvalue weighted by Gasteiger charge is -2.11. The number of pyridine rings is 1. The van der Waals surface area contributed by atoms with E-state index < -0.39 is 5.91 Å². The van der Waals surface area contributed by atoms with Crippen LogP contribution in [-0.2, 0) is 9.59 Å². The smallest absolute Gasteiger partial charge is 0.289 e. The van der Waals surface area contributed by atoms with E-state index in [9.17, 15) is 14.4 Å². The SMILES string of the molecule is O=C(CCCCCCN1C(=O)S/C(=C\c2ccc3cccnc3c2)C1=O)NO. The van der Waals surface area contributed by atoms with E-state index >= 15 is 0 Å². The third kappa shape index (κ3) is 4.96. The number of amides is 3. The second kappa shape index (κ2) is 9.48. The minimum absolute atomic E-state index is 0.255. The number of nitrogens with one attached hydrogen (secondary N) is 1. The number of hydrogen-bond donors (Lipinski definition) is 2. The first-order chi connectivity index (χ1) is 13.6. The molecule has 146 valence electrons. The fourth-order valence-electron chi connectivity index (χ4n) is 2.98. The quantitative estimate of drug-likeness (QED) is 0.304. The van der Waals surface area contributed by atoms with Gasteiger partial charge in [-0.1, -0.05) is 31.0 Å². The number of carbonyl (C=O) groups is 3. The molecule has 0 saturated carbocycles. The molecule has 8 heteroatoms. The Morgan fingerprint density at radius 3 is 2.82 bits per heavy atom. The molecule has 1 aromatic heterocycles. The topological polar surface area (TPSA) is 99.6 Å². The number of nitrogens with zero attached hydrogens (tertiary/aromatic N) is 2. The fourth-order valence-corrected chi connectivity index (χ4v) is 3.85. The lowest BCUT2D eigenvalue weighted by molar-refractivity contribution is -0.129. The summed E-state index contributed by atoms with van der Waals surface area (Å²) < 4.78 is 0. The molecule has 0 unspecified atom stereocenters. The van der Waals surface area contributed by atoms with Crippen LogP contribution in [0.4, 0.5) is 4.79 Å². The molecule has 2 heterocycles. The van der Waals surface area contributed by atoms with Crippen molar-refractivity contribution in [1.29, 1.82) is 0 Å². The van der Waals surface area contributed by atoms with Crippen LogP contribution in [0.3, 0.4) is 0 Å². The van der Waals surface area contributed by atoms with Crippen molar-refractivity contribution >= 4 is 45.8 Å². The first-order valence-electron chi connectivity index (χ1n) is 9.11. The molecule has 0 atom stereocenters. The normalized spacial score (nSPS) is 15.6. The van der Waals surface area contributed by atoms with Gasteiger partial charge in [-0.05, 0) is 48.4 Å². The van der Waals surface area contributed by atoms with Gasteiger partial charge in [0, 0.05) is 24.5 Å². The van der Waals surface area contributed by atoms with Crippen molar-refractivity contribution in [1.82, 2.24) is 15.4 Å². The van der Waals surface area contributed by atoms with Gasteiger partial charge >= 0.3 is 0 Å². The molecule has 3 rings (SSSR count). The van der Waals surface area contributed by atoms with Crippen molar-refractivity contribution in [2.45, 2.75) is 32.1 Å². The molecule has 3 amide bonds. The molecule has 0 aliphatic carbocycles. The zero-order chi connectivity index (χ0) is 19.9.